The molecule has 0 fully saturated rings. The third-order valence-electron chi connectivity index (χ3n) is 3.12. The lowest BCUT2D eigenvalue weighted by atomic mass is 10.1. The minimum atomic E-state index is -0.852. The molecule has 0 heterocycles. The highest BCUT2D eigenvalue weighted by Crippen LogP contribution is 2.27. The lowest BCUT2D eigenvalue weighted by molar-refractivity contribution is 0.506. The van der Waals surface area contributed by atoms with E-state index < -0.39 is 11.6 Å². The molecule has 1 nitrogen and oxygen atoms in total. The van der Waals surface area contributed by atoms with Crippen molar-refractivity contribution >= 4 is 11.8 Å². The number of rotatable bonds is 4. The zero-order valence-corrected chi connectivity index (χ0v) is 12.3. The average molecular weight is 293 g/mol. The van der Waals surface area contributed by atoms with Crippen LogP contribution in [0, 0.1) is 25.5 Å². The van der Waals surface area contributed by atoms with Crippen molar-refractivity contribution in [3.05, 3.63) is 64.7 Å². The third kappa shape index (κ3) is 3.58. The van der Waals surface area contributed by atoms with Crippen LogP contribution in [0.1, 0.15) is 22.7 Å². The Balaban J connectivity index is 2.04. The SMILES string of the molecule is Cc1ccc(SCC(N)c2ccc(F)c(F)c2)c(C)c1. The fraction of sp³-hybridized carbons (Fsp3) is 0.250. The molecule has 0 aliphatic heterocycles. The second-order valence-electron chi connectivity index (χ2n) is 4.86. The quantitative estimate of drug-likeness (QED) is 0.847. The van der Waals surface area contributed by atoms with Gasteiger partial charge in [0.15, 0.2) is 11.6 Å². The van der Waals surface area contributed by atoms with E-state index in [2.05, 4.69) is 32.0 Å². The average Bonchev–Trinajstić information content (AvgIpc) is 2.40. The van der Waals surface area contributed by atoms with Crippen molar-refractivity contribution in [3.8, 4) is 0 Å². The maximum atomic E-state index is 13.2. The van der Waals surface area contributed by atoms with Crippen LogP contribution in [0.2, 0.25) is 0 Å². The van der Waals surface area contributed by atoms with Crippen LogP contribution < -0.4 is 5.73 Å². The Labute approximate surface area is 122 Å². The highest BCUT2D eigenvalue weighted by Gasteiger charge is 2.11. The summed E-state index contributed by atoms with van der Waals surface area (Å²) in [4.78, 5) is 1.16. The molecule has 20 heavy (non-hydrogen) atoms. The smallest absolute Gasteiger partial charge is 0.159 e. The minimum absolute atomic E-state index is 0.323. The zero-order valence-electron chi connectivity index (χ0n) is 11.5. The van der Waals surface area contributed by atoms with Crippen LogP contribution in [0.3, 0.4) is 0 Å². The molecule has 2 aromatic rings. The van der Waals surface area contributed by atoms with Gasteiger partial charge in [0.2, 0.25) is 0 Å². The van der Waals surface area contributed by atoms with Crippen LogP contribution in [0.15, 0.2) is 41.3 Å². The Hall–Kier alpha value is -1.39. The first kappa shape index (κ1) is 15.0. The number of nitrogens with two attached hydrogens (primary N) is 1. The van der Waals surface area contributed by atoms with Gasteiger partial charge in [-0.25, -0.2) is 8.78 Å². The first-order chi connectivity index (χ1) is 9.47. The van der Waals surface area contributed by atoms with E-state index in [0.717, 1.165) is 11.0 Å². The van der Waals surface area contributed by atoms with Crippen LogP contribution in [0.4, 0.5) is 8.78 Å². The Kier molecular flexibility index (Phi) is 4.78. The number of aryl methyl sites for hydroxylation is 2. The molecule has 0 aromatic heterocycles. The molecule has 0 saturated carbocycles. The molecule has 0 spiro atoms. The van der Waals surface area contributed by atoms with Gasteiger partial charge in [0.25, 0.3) is 0 Å². The molecule has 0 aliphatic rings. The molecular formula is C16H17F2NS. The molecule has 1 atom stereocenters. The molecule has 4 heteroatoms. The zero-order chi connectivity index (χ0) is 14.7. The van der Waals surface area contributed by atoms with Gasteiger partial charge in [0, 0.05) is 16.7 Å². The van der Waals surface area contributed by atoms with Crippen LogP contribution in [-0.2, 0) is 0 Å². The summed E-state index contributed by atoms with van der Waals surface area (Å²) < 4.78 is 26.1. The van der Waals surface area contributed by atoms with Crippen molar-refractivity contribution in [1.82, 2.24) is 0 Å². The first-order valence-corrected chi connectivity index (χ1v) is 7.36. The lowest BCUT2D eigenvalue weighted by Gasteiger charge is -2.13. The maximum absolute atomic E-state index is 13.2. The largest absolute Gasteiger partial charge is 0.323 e. The number of halogens is 2. The van der Waals surface area contributed by atoms with Crippen molar-refractivity contribution < 1.29 is 8.78 Å². The van der Waals surface area contributed by atoms with Gasteiger partial charge in [-0.1, -0.05) is 23.8 Å². The fourth-order valence-corrected chi connectivity index (χ4v) is 2.98. The summed E-state index contributed by atoms with van der Waals surface area (Å²) in [6.45, 7) is 4.10. The van der Waals surface area contributed by atoms with Gasteiger partial charge in [0.1, 0.15) is 0 Å². The Morgan fingerprint density at radius 3 is 2.45 bits per heavy atom. The van der Waals surface area contributed by atoms with Crippen LogP contribution in [0.5, 0.6) is 0 Å². The summed E-state index contributed by atoms with van der Waals surface area (Å²) in [5, 5.41) is 0. The molecule has 0 bridgehead atoms. The summed E-state index contributed by atoms with van der Waals surface area (Å²) in [6.07, 6.45) is 0. The summed E-state index contributed by atoms with van der Waals surface area (Å²) in [6, 6.07) is 9.73. The van der Waals surface area contributed by atoms with E-state index in [0.29, 0.717) is 11.3 Å². The predicted octanol–water partition coefficient (Wildman–Crippen LogP) is 4.37. The molecule has 1 unspecified atom stereocenters. The Morgan fingerprint density at radius 2 is 1.80 bits per heavy atom. The topological polar surface area (TPSA) is 26.0 Å². The number of benzene rings is 2. The van der Waals surface area contributed by atoms with Gasteiger partial charge in [0.05, 0.1) is 0 Å². The Morgan fingerprint density at radius 1 is 1.05 bits per heavy atom. The van der Waals surface area contributed by atoms with E-state index >= 15 is 0 Å². The lowest BCUT2D eigenvalue weighted by Crippen LogP contribution is -2.13. The van der Waals surface area contributed by atoms with Crippen LogP contribution in [-0.4, -0.2) is 5.75 Å². The van der Waals surface area contributed by atoms with Gasteiger partial charge in [-0.3, -0.25) is 0 Å². The van der Waals surface area contributed by atoms with Crippen molar-refractivity contribution in [2.45, 2.75) is 24.8 Å². The highest BCUT2D eigenvalue weighted by molar-refractivity contribution is 7.99. The van der Waals surface area contributed by atoms with Crippen LogP contribution in [0.25, 0.3) is 0 Å². The van der Waals surface area contributed by atoms with E-state index in [1.54, 1.807) is 11.8 Å². The maximum Gasteiger partial charge on any atom is 0.159 e. The minimum Gasteiger partial charge on any atom is -0.323 e. The first-order valence-electron chi connectivity index (χ1n) is 6.38. The normalized spacial score (nSPS) is 12.4. The van der Waals surface area contributed by atoms with Crippen LogP contribution >= 0.6 is 11.8 Å². The van der Waals surface area contributed by atoms with Crippen molar-refractivity contribution in [1.29, 1.82) is 0 Å². The van der Waals surface area contributed by atoms with Gasteiger partial charge in [-0.05, 0) is 43.2 Å². The second-order valence-corrected chi connectivity index (χ2v) is 5.92. The van der Waals surface area contributed by atoms with E-state index in [-0.39, 0.29) is 6.04 Å². The van der Waals surface area contributed by atoms with E-state index in [1.165, 1.54) is 23.3 Å². The van der Waals surface area contributed by atoms with Gasteiger partial charge in [-0.15, -0.1) is 11.8 Å². The second kappa shape index (κ2) is 6.37. The van der Waals surface area contributed by atoms with E-state index in [4.69, 9.17) is 5.73 Å². The highest BCUT2D eigenvalue weighted by atomic mass is 32.2. The van der Waals surface area contributed by atoms with E-state index in [1.807, 2.05) is 0 Å². The number of hydrogen-bond acceptors (Lipinski definition) is 2. The molecule has 0 amide bonds. The van der Waals surface area contributed by atoms with E-state index in [9.17, 15) is 8.78 Å². The summed E-state index contributed by atoms with van der Waals surface area (Å²) >= 11 is 1.63. The number of thioether (sulfide) groups is 1. The molecule has 0 saturated heterocycles. The molecule has 0 aliphatic carbocycles. The molecule has 106 valence electrons. The van der Waals surface area contributed by atoms with Gasteiger partial charge < -0.3 is 5.73 Å². The van der Waals surface area contributed by atoms with Gasteiger partial charge in [-0.2, -0.15) is 0 Å². The molecule has 2 N–H and O–H groups in total. The van der Waals surface area contributed by atoms with Crippen molar-refractivity contribution in [2.75, 3.05) is 5.75 Å². The molecule has 2 aromatic carbocycles. The molecule has 2 rings (SSSR count). The summed E-state index contributed by atoms with van der Waals surface area (Å²) in [5.74, 6) is -1.08. The van der Waals surface area contributed by atoms with Gasteiger partial charge >= 0.3 is 0 Å². The Bertz CT molecular complexity index is 613. The third-order valence-corrected chi connectivity index (χ3v) is 4.42. The summed E-state index contributed by atoms with van der Waals surface area (Å²) in [7, 11) is 0. The summed E-state index contributed by atoms with van der Waals surface area (Å²) in [5.41, 5.74) is 9.06. The van der Waals surface area contributed by atoms with Crippen molar-refractivity contribution in [3.63, 3.8) is 0 Å². The molecule has 0 radical (unpaired) electrons. The molecular weight excluding hydrogens is 276 g/mol. The monoisotopic (exact) mass is 293 g/mol. The van der Waals surface area contributed by atoms with Crippen molar-refractivity contribution in [2.24, 2.45) is 5.73 Å². The predicted molar refractivity (Wildman–Crippen MR) is 79.9 cm³/mol. The standard InChI is InChI=1S/C16H17F2NS/c1-10-3-6-16(11(2)7-10)20-9-15(19)12-4-5-13(17)14(18)8-12/h3-8,15H,9,19H2,1-2H3. The fourth-order valence-electron chi connectivity index (χ4n) is 1.98. The number of hydrogen-bond donors (Lipinski definition) is 1.